The second-order valence-electron chi connectivity index (χ2n) is 15.3. The van der Waals surface area contributed by atoms with Crippen molar-refractivity contribution in [3.05, 3.63) is 71.4 Å². The average molecular weight is 787 g/mol. The summed E-state index contributed by atoms with van der Waals surface area (Å²) >= 11 is 1.25. The number of fused-ring (bicyclic) bond motifs is 11. The first kappa shape index (κ1) is 37.3. The first-order valence-corrected chi connectivity index (χ1v) is 19.4. The van der Waals surface area contributed by atoms with E-state index in [9.17, 15) is 19.2 Å². The van der Waals surface area contributed by atoms with Crippen LogP contribution in [0, 0.1) is 5.92 Å². The molecule has 8 atom stereocenters. The van der Waals surface area contributed by atoms with Crippen LogP contribution in [-0.2, 0) is 58.6 Å². The number of nitrogens with one attached hydrogen (secondary N) is 2. The quantitative estimate of drug-likeness (QED) is 0.306. The topological polar surface area (TPSA) is 184 Å². The number of nitrogens with zero attached hydrogens (tertiary/aromatic N) is 4. The van der Waals surface area contributed by atoms with Gasteiger partial charge in [-0.15, -0.1) is 11.8 Å². The van der Waals surface area contributed by atoms with Gasteiger partial charge in [-0.2, -0.15) is 0 Å². The van der Waals surface area contributed by atoms with Crippen LogP contribution in [0.1, 0.15) is 45.7 Å². The summed E-state index contributed by atoms with van der Waals surface area (Å²) in [6.07, 6.45) is -0.787. The summed E-state index contributed by atoms with van der Waals surface area (Å²) in [5.41, 5.74) is -3.94. The van der Waals surface area contributed by atoms with Gasteiger partial charge in [0.15, 0.2) is 11.0 Å². The van der Waals surface area contributed by atoms with E-state index in [4.69, 9.17) is 14.2 Å². The van der Waals surface area contributed by atoms with Gasteiger partial charge in [0.2, 0.25) is 0 Å². The van der Waals surface area contributed by atoms with Crippen molar-refractivity contribution < 1.29 is 47.8 Å². The fraction of sp³-hybridized carbons (Fsp3) is 0.462. The molecule has 3 fully saturated rings. The number of carbonyl (C=O) groups excluding carboxylic acids is 7. The standard InChI is InChI=1S/C39H42N6O10S/c1-19(2)39(56-8)35(52)44-27(29(49)43(39)7)17-36(23-13-9-11-15-25(23)40-32(36)44)37-24-14-10-12-16-26(24)41-33(37)45-30(50)28(18-53-20(3)46)42(6)34(51)38(45,55-22(5)48)31(37)54-21(4)47/h9-17,19,28,31-33,40-41H,18H2,1-8H3/t28-,31-,32+,33-,36-,37-,38-,39+/m0/s1. The Morgan fingerprint density at radius 2 is 1.45 bits per heavy atom. The number of hydrogen-bond donors (Lipinski definition) is 2. The van der Waals surface area contributed by atoms with Gasteiger partial charge in [0.25, 0.3) is 23.6 Å². The van der Waals surface area contributed by atoms with Crippen LogP contribution in [0.15, 0.2) is 60.3 Å². The smallest absolute Gasteiger partial charge is 0.307 e. The summed E-state index contributed by atoms with van der Waals surface area (Å²) in [5, 5.41) is 6.99. The van der Waals surface area contributed by atoms with E-state index in [0.29, 0.717) is 22.5 Å². The zero-order chi connectivity index (χ0) is 40.4. The van der Waals surface area contributed by atoms with E-state index in [1.165, 1.54) is 35.5 Å². The van der Waals surface area contributed by atoms with E-state index < -0.39 is 88.1 Å². The number of para-hydroxylation sites is 2. The molecule has 0 aliphatic carbocycles. The highest BCUT2D eigenvalue weighted by Crippen LogP contribution is 2.71. The predicted octanol–water partition coefficient (Wildman–Crippen LogP) is 1.72. The molecular weight excluding hydrogens is 745 g/mol. The molecule has 0 radical (unpaired) electrons. The van der Waals surface area contributed by atoms with Crippen LogP contribution < -0.4 is 10.6 Å². The molecule has 0 bridgehead atoms. The lowest BCUT2D eigenvalue weighted by Gasteiger charge is -2.52. The van der Waals surface area contributed by atoms with Crippen LogP contribution in [0.5, 0.6) is 0 Å². The van der Waals surface area contributed by atoms with Crippen LogP contribution in [0.4, 0.5) is 11.4 Å². The molecule has 2 N–H and O–H groups in total. The minimum absolute atomic E-state index is 0.0443. The van der Waals surface area contributed by atoms with Gasteiger partial charge >= 0.3 is 23.6 Å². The lowest BCUT2D eigenvalue weighted by Crippen LogP contribution is -2.75. The first-order chi connectivity index (χ1) is 26.5. The third-order valence-electron chi connectivity index (χ3n) is 12.4. The van der Waals surface area contributed by atoms with E-state index >= 15 is 14.4 Å². The zero-order valence-corrected chi connectivity index (χ0v) is 32.9. The molecule has 0 saturated carbocycles. The highest BCUT2D eigenvalue weighted by molar-refractivity contribution is 8.00. The first-order valence-electron chi connectivity index (χ1n) is 18.2. The van der Waals surface area contributed by atoms with E-state index in [2.05, 4.69) is 10.6 Å². The molecule has 16 nitrogen and oxygen atoms in total. The molecule has 3 saturated heterocycles. The molecule has 0 unspecified atom stereocenters. The van der Waals surface area contributed by atoms with E-state index in [1.54, 1.807) is 49.7 Å². The summed E-state index contributed by atoms with van der Waals surface area (Å²) in [7, 11) is 2.91. The Hall–Kier alpha value is -5.58. The fourth-order valence-corrected chi connectivity index (χ4v) is 11.6. The largest absolute Gasteiger partial charge is 0.463 e. The molecule has 17 heteroatoms. The predicted molar refractivity (Wildman–Crippen MR) is 200 cm³/mol. The number of anilines is 2. The molecule has 6 aliphatic rings. The van der Waals surface area contributed by atoms with Crippen molar-refractivity contribution in [3.63, 3.8) is 0 Å². The van der Waals surface area contributed by atoms with E-state index in [0.717, 1.165) is 23.6 Å². The zero-order valence-electron chi connectivity index (χ0n) is 32.1. The third kappa shape index (κ3) is 4.18. The van der Waals surface area contributed by atoms with Gasteiger partial charge in [-0.05, 0) is 41.5 Å². The minimum Gasteiger partial charge on any atom is -0.463 e. The normalized spacial score (nSPS) is 33.5. The molecule has 4 amide bonds. The van der Waals surface area contributed by atoms with Crippen LogP contribution in [0.25, 0.3) is 0 Å². The van der Waals surface area contributed by atoms with Crippen LogP contribution in [-0.4, -0.2) is 123 Å². The summed E-state index contributed by atoms with van der Waals surface area (Å²) in [6.45, 7) is 6.61. The highest BCUT2D eigenvalue weighted by Gasteiger charge is 2.87. The van der Waals surface area contributed by atoms with Gasteiger partial charge in [-0.3, -0.25) is 43.4 Å². The van der Waals surface area contributed by atoms with Gasteiger partial charge in [0.05, 0.1) is 10.8 Å². The number of ether oxygens (including phenoxy) is 3. The Kier molecular flexibility index (Phi) is 8.14. The average Bonchev–Trinajstić information content (AvgIpc) is 3.82. The molecule has 0 spiro atoms. The number of benzene rings is 2. The summed E-state index contributed by atoms with van der Waals surface area (Å²) in [6, 6.07) is 12.9. The number of amides is 4. The van der Waals surface area contributed by atoms with Crippen molar-refractivity contribution in [2.24, 2.45) is 5.92 Å². The fourth-order valence-electron chi connectivity index (χ4n) is 10.5. The monoisotopic (exact) mass is 786 g/mol. The van der Waals surface area contributed by atoms with Crippen LogP contribution >= 0.6 is 11.8 Å². The second kappa shape index (κ2) is 12.2. The maximum Gasteiger partial charge on any atom is 0.307 e. The Morgan fingerprint density at radius 3 is 2.04 bits per heavy atom. The number of carbonyl (C=O) groups is 7. The molecule has 56 heavy (non-hydrogen) atoms. The number of hydrogen-bond acceptors (Lipinski definition) is 13. The lowest BCUT2D eigenvalue weighted by atomic mass is 9.54. The van der Waals surface area contributed by atoms with Gasteiger partial charge in [0.1, 0.15) is 30.7 Å². The Balaban J connectivity index is 1.51. The van der Waals surface area contributed by atoms with Crippen molar-refractivity contribution in [2.45, 2.75) is 80.5 Å². The second-order valence-corrected chi connectivity index (χ2v) is 16.3. The number of piperazine rings is 2. The maximum absolute atomic E-state index is 15.3. The minimum atomic E-state index is -2.63. The molecular formula is C39H42N6O10S. The number of rotatable bonds is 7. The van der Waals surface area contributed by atoms with Crippen molar-refractivity contribution in [1.29, 1.82) is 0 Å². The summed E-state index contributed by atoms with van der Waals surface area (Å²) in [4.78, 5) is 103. The molecule has 294 valence electrons. The van der Waals surface area contributed by atoms with Crippen molar-refractivity contribution in [3.8, 4) is 0 Å². The molecule has 0 aromatic heterocycles. The molecule has 6 heterocycles. The van der Waals surface area contributed by atoms with E-state index in [1.807, 2.05) is 32.0 Å². The summed E-state index contributed by atoms with van der Waals surface area (Å²) in [5.74, 6) is -5.39. The third-order valence-corrected chi connectivity index (χ3v) is 14.0. The maximum atomic E-state index is 15.3. The molecule has 2 aromatic rings. The number of esters is 3. The van der Waals surface area contributed by atoms with E-state index in [-0.39, 0.29) is 17.5 Å². The van der Waals surface area contributed by atoms with Crippen LogP contribution in [0.2, 0.25) is 0 Å². The number of thioether (sulfide) groups is 1. The van der Waals surface area contributed by atoms with Gasteiger partial charge < -0.3 is 34.6 Å². The van der Waals surface area contributed by atoms with Gasteiger partial charge in [-0.25, -0.2) is 0 Å². The molecule has 8 rings (SSSR count). The van der Waals surface area contributed by atoms with Crippen molar-refractivity contribution in [2.75, 3.05) is 37.6 Å². The van der Waals surface area contributed by atoms with Crippen molar-refractivity contribution in [1.82, 2.24) is 19.6 Å². The van der Waals surface area contributed by atoms with Crippen molar-refractivity contribution >= 4 is 64.7 Å². The SMILES string of the molecule is CS[C@]1(C(C)C)C(=O)N2C(=C[C@]3([C@]45c6ccccc6N[C@H]4N4C(=O)[C@H](COC(C)=O)N(C)C(=O)[C@@]4(OC(C)=O)[C@H]5OC(C)=O)c4ccccc4N[C@H]23)C(=O)N1C. The highest BCUT2D eigenvalue weighted by atomic mass is 32.2. The molecule has 2 aromatic carbocycles. The summed E-state index contributed by atoms with van der Waals surface area (Å²) < 4.78 is 17.8. The van der Waals surface area contributed by atoms with Gasteiger partial charge in [0, 0.05) is 46.2 Å². The number of likely N-dealkylation sites (N-methyl/N-ethyl adjacent to an activating group) is 2. The Bertz CT molecular complexity index is 2200. The molecule has 6 aliphatic heterocycles. The lowest BCUT2D eigenvalue weighted by molar-refractivity contribution is -0.228. The Labute approximate surface area is 326 Å². The van der Waals surface area contributed by atoms with Crippen LogP contribution in [0.3, 0.4) is 0 Å². The Morgan fingerprint density at radius 1 is 0.839 bits per heavy atom. The van der Waals surface area contributed by atoms with Gasteiger partial charge in [-0.1, -0.05) is 50.2 Å².